The molecule has 0 spiro atoms. The van der Waals surface area contributed by atoms with Crippen LogP contribution < -0.4 is 9.44 Å². The van der Waals surface area contributed by atoms with E-state index in [1.165, 1.54) is 11.6 Å². The fourth-order valence-electron chi connectivity index (χ4n) is 0.760. The maximum absolute atomic E-state index is 11.1. The average molecular weight is 270 g/mol. The van der Waals surface area contributed by atoms with Crippen LogP contribution in [0.15, 0.2) is 0 Å². The molecular formula is C7H14N2O7S. The van der Waals surface area contributed by atoms with Gasteiger partial charge >= 0.3 is 22.3 Å². The van der Waals surface area contributed by atoms with Gasteiger partial charge in [0.25, 0.3) is 0 Å². The molecule has 1 unspecified atom stereocenters. The van der Waals surface area contributed by atoms with E-state index in [9.17, 15) is 18.0 Å². The Hall–Kier alpha value is -1.39. The summed E-state index contributed by atoms with van der Waals surface area (Å²) in [5.74, 6) is -1.46. The average Bonchev–Trinajstić information content (AvgIpc) is 2.16. The normalized spacial score (nSPS) is 12.8. The lowest BCUT2D eigenvalue weighted by Crippen LogP contribution is -2.41. The second-order valence-corrected chi connectivity index (χ2v) is 4.36. The van der Waals surface area contributed by atoms with Crippen molar-refractivity contribution < 1.29 is 33.0 Å². The minimum Gasteiger partial charge on any atom is -0.479 e. The van der Waals surface area contributed by atoms with Crippen LogP contribution in [0.5, 0.6) is 0 Å². The molecule has 0 saturated carbocycles. The molecule has 100 valence electrons. The van der Waals surface area contributed by atoms with E-state index in [4.69, 9.17) is 10.2 Å². The third-order valence-corrected chi connectivity index (χ3v) is 2.51. The summed E-state index contributed by atoms with van der Waals surface area (Å²) in [5.41, 5.74) is 0. The van der Waals surface area contributed by atoms with Crippen molar-refractivity contribution in [2.75, 3.05) is 13.2 Å². The number of amides is 1. The number of aliphatic hydroxyl groups is 1. The van der Waals surface area contributed by atoms with Crippen LogP contribution in [-0.4, -0.2) is 49.9 Å². The largest absolute Gasteiger partial charge is 0.479 e. The first kappa shape index (κ1) is 15.6. The van der Waals surface area contributed by atoms with E-state index in [1.54, 1.807) is 0 Å². The highest BCUT2D eigenvalue weighted by Crippen LogP contribution is 1.91. The zero-order valence-electron chi connectivity index (χ0n) is 9.04. The molecule has 0 heterocycles. The van der Waals surface area contributed by atoms with Crippen molar-refractivity contribution in [2.45, 2.75) is 19.4 Å². The molecule has 0 aromatic rings. The summed E-state index contributed by atoms with van der Waals surface area (Å²) in [6.07, 6.45) is -3.13. The lowest BCUT2D eigenvalue weighted by Gasteiger charge is -2.09. The second-order valence-electron chi connectivity index (χ2n) is 2.86. The van der Waals surface area contributed by atoms with Gasteiger partial charge in [0, 0.05) is 6.54 Å². The Labute approximate surface area is 97.9 Å². The predicted molar refractivity (Wildman–Crippen MR) is 55.3 cm³/mol. The summed E-state index contributed by atoms with van der Waals surface area (Å²) in [6, 6.07) is 0. The van der Waals surface area contributed by atoms with Crippen LogP contribution in [0.4, 0.5) is 4.79 Å². The maximum atomic E-state index is 11.1. The van der Waals surface area contributed by atoms with E-state index in [2.05, 4.69) is 4.74 Å². The zero-order valence-corrected chi connectivity index (χ0v) is 9.86. The molecule has 0 saturated heterocycles. The summed E-state index contributed by atoms with van der Waals surface area (Å²) in [5, 5.41) is 17.2. The molecule has 0 aliphatic rings. The van der Waals surface area contributed by atoms with Crippen LogP contribution in [0.2, 0.25) is 0 Å². The molecule has 0 fully saturated rings. The molecule has 10 heteroatoms. The van der Waals surface area contributed by atoms with Crippen molar-refractivity contribution in [2.24, 2.45) is 0 Å². The van der Waals surface area contributed by atoms with Crippen molar-refractivity contribution in [3.63, 3.8) is 0 Å². The zero-order chi connectivity index (χ0) is 13.5. The minimum atomic E-state index is -4.10. The summed E-state index contributed by atoms with van der Waals surface area (Å²) in [4.78, 5) is 21.0. The lowest BCUT2D eigenvalue weighted by molar-refractivity contribution is -0.146. The Morgan fingerprint density at radius 2 is 2.00 bits per heavy atom. The Balaban J connectivity index is 4.02. The van der Waals surface area contributed by atoms with E-state index in [0.717, 1.165) is 0 Å². The fraction of sp³-hybridized carbons (Fsp3) is 0.714. The van der Waals surface area contributed by atoms with E-state index in [1.807, 2.05) is 4.72 Å². The molecule has 0 bridgehead atoms. The second kappa shape index (κ2) is 7.04. The molecule has 1 amide bonds. The van der Waals surface area contributed by atoms with Gasteiger partial charge in [0.15, 0.2) is 6.10 Å². The van der Waals surface area contributed by atoms with Gasteiger partial charge in [-0.15, -0.1) is 0 Å². The Morgan fingerprint density at radius 1 is 1.41 bits per heavy atom. The van der Waals surface area contributed by atoms with Gasteiger partial charge in [-0.05, 0) is 13.3 Å². The third kappa shape index (κ3) is 7.49. The number of rotatable bonds is 7. The van der Waals surface area contributed by atoms with Gasteiger partial charge in [-0.2, -0.15) is 13.1 Å². The Kier molecular flexibility index (Phi) is 6.46. The van der Waals surface area contributed by atoms with Crippen LogP contribution in [-0.2, 0) is 19.7 Å². The van der Waals surface area contributed by atoms with Crippen molar-refractivity contribution in [3.05, 3.63) is 0 Å². The summed E-state index contributed by atoms with van der Waals surface area (Å²) in [7, 11) is -4.10. The number of aliphatic carboxylic acids is 1. The summed E-state index contributed by atoms with van der Waals surface area (Å²) < 4.78 is 30.0. The SMILES string of the molecule is CCOC(=O)NS(=O)(=O)NCCC(O)C(=O)O. The summed E-state index contributed by atoms with van der Waals surface area (Å²) >= 11 is 0. The molecule has 1 atom stereocenters. The fourth-order valence-corrected chi connectivity index (χ4v) is 1.50. The van der Waals surface area contributed by atoms with Crippen molar-refractivity contribution in [3.8, 4) is 0 Å². The molecule has 0 aliphatic heterocycles. The van der Waals surface area contributed by atoms with Crippen molar-refractivity contribution in [1.29, 1.82) is 0 Å². The summed E-state index contributed by atoms with van der Waals surface area (Å²) in [6.45, 7) is 1.18. The van der Waals surface area contributed by atoms with E-state index >= 15 is 0 Å². The van der Waals surface area contributed by atoms with E-state index in [0.29, 0.717) is 0 Å². The number of carboxylic acid groups (broad SMARTS) is 1. The smallest absolute Gasteiger partial charge is 0.421 e. The lowest BCUT2D eigenvalue weighted by atomic mass is 10.3. The Morgan fingerprint density at radius 3 is 2.47 bits per heavy atom. The quantitative estimate of drug-likeness (QED) is 0.436. The first-order valence-corrected chi connectivity index (χ1v) is 6.12. The predicted octanol–water partition coefficient (Wildman–Crippen LogP) is -1.60. The monoisotopic (exact) mass is 270 g/mol. The number of ether oxygens (including phenoxy) is 1. The number of carbonyl (C=O) groups is 2. The number of nitrogens with one attached hydrogen (secondary N) is 2. The first-order chi connectivity index (χ1) is 7.78. The molecule has 0 aromatic carbocycles. The number of hydrogen-bond donors (Lipinski definition) is 4. The van der Waals surface area contributed by atoms with Gasteiger partial charge < -0.3 is 14.9 Å². The van der Waals surface area contributed by atoms with E-state index < -0.39 is 28.4 Å². The number of carbonyl (C=O) groups excluding carboxylic acids is 1. The van der Waals surface area contributed by atoms with Crippen LogP contribution >= 0.6 is 0 Å². The highest BCUT2D eigenvalue weighted by molar-refractivity contribution is 7.88. The standard InChI is InChI=1S/C7H14N2O7S/c1-2-16-7(13)9-17(14,15)8-4-3-5(10)6(11)12/h5,8,10H,2-4H2,1H3,(H,9,13)(H,11,12). The number of aliphatic hydroxyl groups excluding tert-OH is 1. The first-order valence-electron chi connectivity index (χ1n) is 4.63. The molecule has 9 nitrogen and oxygen atoms in total. The van der Waals surface area contributed by atoms with Gasteiger partial charge in [-0.1, -0.05) is 0 Å². The van der Waals surface area contributed by atoms with Crippen LogP contribution in [0.3, 0.4) is 0 Å². The van der Waals surface area contributed by atoms with Crippen LogP contribution in [0.1, 0.15) is 13.3 Å². The topological polar surface area (TPSA) is 142 Å². The molecule has 0 aromatic heterocycles. The molecule has 0 radical (unpaired) electrons. The van der Waals surface area contributed by atoms with Crippen molar-refractivity contribution in [1.82, 2.24) is 9.44 Å². The minimum absolute atomic E-state index is 0.0130. The van der Waals surface area contributed by atoms with Gasteiger partial charge in [-0.3, -0.25) is 0 Å². The van der Waals surface area contributed by atoms with Gasteiger partial charge in [-0.25, -0.2) is 14.3 Å². The maximum Gasteiger partial charge on any atom is 0.421 e. The highest BCUT2D eigenvalue weighted by atomic mass is 32.2. The van der Waals surface area contributed by atoms with Crippen molar-refractivity contribution >= 4 is 22.3 Å². The highest BCUT2D eigenvalue weighted by Gasteiger charge is 2.17. The molecule has 17 heavy (non-hydrogen) atoms. The van der Waals surface area contributed by atoms with Gasteiger partial charge in [0.2, 0.25) is 0 Å². The van der Waals surface area contributed by atoms with E-state index in [-0.39, 0.29) is 19.6 Å². The van der Waals surface area contributed by atoms with Crippen LogP contribution in [0, 0.1) is 0 Å². The van der Waals surface area contributed by atoms with Gasteiger partial charge in [0.05, 0.1) is 6.61 Å². The molecule has 0 aliphatic carbocycles. The van der Waals surface area contributed by atoms with Crippen LogP contribution in [0.25, 0.3) is 0 Å². The van der Waals surface area contributed by atoms with Gasteiger partial charge in [0.1, 0.15) is 0 Å². The third-order valence-electron chi connectivity index (χ3n) is 1.49. The molecule has 4 N–H and O–H groups in total. The Bertz CT molecular complexity index is 366. The number of hydrogen-bond acceptors (Lipinski definition) is 6. The number of carboxylic acids is 1. The molecule has 0 rings (SSSR count). The molecular weight excluding hydrogens is 256 g/mol.